The van der Waals surface area contributed by atoms with Crippen LogP contribution in [0.25, 0.3) is 11.4 Å². The molecule has 0 spiro atoms. The van der Waals surface area contributed by atoms with Crippen molar-refractivity contribution in [1.29, 1.82) is 0 Å². The second-order valence-electron chi connectivity index (χ2n) is 6.65. The lowest BCUT2D eigenvalue weighted by molar-refractivity contribution is -0.132. The van der Waals surface area contributed by atoms with Gasteiger partial charge in [0.1, 0.15) is 12.2 Å². The minimum absolute atomic E-state index is 0.0533. The third kappa shape index (κ3) is 3.85. The Bertz CT molecular complexity index is 993. The van der Waals surface area contributed by atoms with Crippen molar-refractivity contribution in [2.75, 3.05) is 13.1 Å². The minimum atomic E-state index is 0.0533. The second kappa shape index (κ2) is 7.84. The van der Waals surface area contributed by atoms with E-state index in [1.165, 1.54) is 6.33 Å². The molecular formula is C17H18Cl2N8O. The molecule has 146 valence electrons. The Labute approximate surface area is 171 Å². The Morgan fingerprint density at radius 2 is 2.00 bits per heavy atom. The van der Waals surface area contributed by atoms with Crippen LogP contribution >= 0.6 is 23.2 Å². The normalized spacial score (nSPS) is 15.2. The van der Waals surface area contributed by atoms with Crippen LogP contribution in [0.5, 0.6) is 0 Å². The van der Waals surface area contributed by atoms with Crippen LogP contribution in [0.2, 0.25) is 10.0 Å². The van der Waals surface area contributed by atoms with E-state index in [0.29, 0.717) is 34.8 Å². The van der Waals surface area contributed by atoms with Crippen molar-refractivity contribution in [2.45, 2.75) is 25.3 Å². The lowest BCUT2D eigenvalue weighted by atomic mass is 10.1. The van der Waals surface area contributed by atoms with Crippen molar-refractivity contribution in [1.82, 2.24) is 39.9 Å². The smallest absolute Gasteiger partial charge is 0.230 e. The molecule has 3 aromatic rings. The first-order valence-corrected chi connectivity index (χ1v) is 9.62. The molecule has 4 rings (SSSR count). The number of carbonyl (C=O) groups excluding carboxylic acids is 1. The maximum absolute atomic E-state index is 12.5. The zero-order valence-corrected chi connectivity index (χ0v) is 16.7. The number of benzene rings is 1. The summed E-state index contributed by atoms with van der Waals surface area (Å²) < 4.78 is 1.62. The molecule has 1 amide bonds. The summed E-state index contributed by atoms with van der Waals surface area (Å²) in [6, 6.07) is 5.34. The molecule has 1 fully saturated rings. The van der Waals surface area contributed by atoms with E-state index in [-0.39, 0.29) is 18.4 Å². The monoisotopic (exact) mass is 420 g/mol. The van der Waals surface area contributed by atoms with Gasteiger partial charge in [0.2, 0.25) is 11.7 Å². The van der Waals surface area contributed by atoms with Crippen LogP contribution < -0.4 is 0 Å². The van der Waals surface area contributed by atoms with Crippen LogP contribution in [0.1, 0.15) is 24.7 Å². The van der Waals surface area contributed by atoms with Gasteiger partial charge in [-0.1, -0.05) is 23.2 Å². The van der Waals surface area contributed by atoms with Gasteiger partial charge in [0.25, 0.3) is 0 Å². The van der Waals surface area contributed by atoms with Crippen LogP contribution in [0.15, 0.2) is 24.5 Å². The van der Waals surface area contributed by atoms with Crippen molar-refractivity contribution in [3.8, 4) is 11.4 Å². The number of halogens is 2. The molecule has 2 aromatic heterocycles. The number of piperidine rings is 1. The fourth-order valence-corrected chi connectivity index (χ4v) is 3.50. The van der Waals surface area contributed by atoms with E-state index in [1.54, 1.807) is 28.7 Å². The quantitative estimate of drug-likeness (QED) is 0.641. The first kappa shape index (κ1) is 18.8. The number of hydrogen-bond acceptors (Lipinski definition) is 6. The van der Waals surface area contributed by atoms with Gasteiger partial charge in [-0.15, -0.1) is 10.2 Å². The van der Waals surface area contributed by atoms with Crippen LogP contribution in [-0.2, 0) is 18.3 Å². The number of rotatable bonds is 4. The summed E-state index contributed by atoms with van der Waals surface area (Å²) in [4.78, 5) is 20.1. The van der Waals surface area contributed by atoms with E-state index in [9.17, 15) is 4.79 Å². The highest BCUT2D eigenvalue weighted by Crippen LogP contribution is 2.27. The molecule has 0 atom stereocenters. The number of likely N-dealkylation sites (tertiary alicyclic amines) is 1. The van der Waals surface area contributed by atoms with Gasteiger partial charge in [0.15, 0.2) is 0 Å². The Hall–Kier alpha value is -2.52. The van der Waals surface area contributed by atoms with Gasteiger partial charge in [0.05, 0.1) is 22.5 Å². The largest absolute Gasteiger partial charge is 0.342 e. The summed E-state index contributed by atoms with van der Waals surface area (Å²) >= 11 is 12.0. The predicted molar refractivity (Wildman–Crippen MR) is 103 cm³/mol. The van der Waals surface area contributed by atoms with Gasteiger partial charge in [-0.05, 0) is 36.3 Å². The molecule has 0 aliphatic carbocycles. The molecule has 1 aliphatic heterocycles. The third-order valence-corrected chi connectivity index (χ3v) is 5.60. The molecule has 0 radical (unpaired) electrons. The summed E-state index contributed by atoms with van der Waals surface area (Å²) in [7, 11) is 1.78. The highest BCUT2D eigenvalue weighted by molar-refractivity contribution is 6.42. The van der Waals surface area contributed by atoms with E-state index in [2.05, 4.69) is 25.5 Å². The lowest BCUT2D eigenvalue weighted by Gasteiger charge is -2.31. The van der Waals surface area contributed by atoms with Gasteiger partial charge >= 0.3 is 0 Å². The maximum Gasteiger partial charge on any atom is 0.230 e. The van der Waals surface area contributed by atoms with Crippen LogP contribution in [0.3, 0.4) is 0 Å². The minimum Gasteiger partial charge on any atom is -0.342 e. The standard InChI is InChI=1S/C17H18Cl2N8O/c1-25-15(20-10-21-25)9-16(28)26-6-4-12(5-7-26)27-23-17(22-24-27)11-2-3-13(18)14(19)8-11/h2-3,8,10,12H,4-7,9H2,1H3. The van der Waals surface area contributed by atoms with Crippen molar-refractivity contribution in [3.63, 3.8) is 0 Å². The van der Waals surface area contributed by atoms with Crippen molar-refractivity contribution < 1.29 is 4.79 Å². The molecule has 11 heteroatoms. The van der Waals surface area contributed by atoms with Crippen molar-refractivity contribution in [2.24, 2.45) is 7.05 Å². The van der Waals surface area contributed by atoms with Crippen LogP contribution in [0, 0.1) is 0 Å². The highest BCUT2D eigenvalue weighted by atomic mass is 35.5. The van der Waals surface area contributed by atoms with Crippen molar-refractivity contribution >= 4 is 29.1 Å². The first-order chi connectivity index (χ1) is 13.5. The maximum atomic E-state index is 12.5. The van der Waals surface area contributed by atoms with Gasteiger partial charge in [-0.2, -0.15) is 9.90 Å². The average molecular weight is 421 g/mol. The molecule has 1 aliphatic rings. The SMILES string of the molecule is Cn1ncnc1CC(=O)N1CCC(n2nnc(-c3ccc(Cl)c(Cl)c3)n2)CC1. The Morgan fingerprint density at radius 3 is 2.68 bits per heavy atom. The summed E-state index contributed by atoms with van der Waals surface area (Å²) in [5.74, 6) is 1.22. The predicted octanol–water partition coefficient (Wildman–Crippen LogP) is 2.18. The number of amides is 1. The fourth-order valence-electron chi connectivity index (χ4n) is 3.20. The van der Waals surface area contributed by atoms with Gasteiger partial charge < -0.3 is 4.90 Å². The van der Waals surface area contributed by atoms with Gasteiger partial charge in [-0.3, -0.25) is 9.48 Å². The molecule has 9 nitrogen and oxygen atoms in total. The Morgan fingerprint density at radius 1 is 1.21 bits per heavy atom. The molecule has 3 heterocycles. The Balaban J connectivity index is 1.37. The molecule has 1 aromatic carbocycles. The molecule has 0 unspecified atom stereocenters. The number of hydrogen-bond donors (Lipinski definition) is 0. The lowest BCUT2D eigenvalue weighted by Crippen LogP contribution is -2.40. The topological polar surface area (TPSA) is 94.6 Å². The van der Waals surface area contributed by atoms with Gasteiger partial charge in [-0.25, -0.2) is 4.98 Å². The Kier molecular flexibility index (Phi) is 5.27. The number of tetrazole rings is 1. The van der Waals surface area contributed by atoms with Crippen molar-refractivity contribution in [3.05, 3.63) is 40.4 Å². The van der Waals surface area contributed by atoms with Crippen LogP contribution in [-0.4, -0.2) is 58.9 Å². The number of carbonyl (C=O) groups is 1. The molecule has 1 saturated heterocycles. The number of nitrogens with zero attached hydrogens (tertiary/aromatic N) is 8. The first-order valence-electron chi connectivity index (χ1n) is 8.87. The fraction of sp³-hybridized carbons (Fsp3) is 0.412. The van der Waals surface area contributed by atoms with E-state index < -0.39 is 0 Å². The summed E-state index contributed by atoms with van der Waals surface area (Å²) in [6.07, 6.45) is 3.24. The third-order valence-electron chi connectivity index (χ3n) is 4.86. The molecule has 0 bridgehead atoms. The zero-order chi connectivity index (χ0) is 19.7. The summed E-state index contributed by atoms with van der Waals surface area (Å²) in [5.41, 5.74) is 0.761. The zero-order valence-electron chi connectivity index (χ0n) is 15.2. The highest BCUT2D eigenvalue weighted by Gasteiger charge is 2.26. The van der Waals surface area contributed by atoms with E-state index in [1.807, 2.05) is 11.0 Å². The summed E-state index contributed by atoms with van der Waals surface area (Å²) in [5, 5.41) is 17.7. The van der Waals surface area contributed by atoms with Crippen LogP contribution in [0.4, 0.5) is 0 Å². The molecular weight excluding hydrogens is 403 g/mol. The van der Waals surface area contributed by atoms with E-state index in [4.69, 9.17) is 23.2 Å². The van der Waals surface area contributed by atoms with E-state index in [0.717, 1.165) is 18.4 Å². The number of aryl methyl sites for hydroxylation is 1. The molecule has 28 heavy (non-hydrogen) atoms. The van der Waals surface area contributed by atoms with Gasteiger partial charge in [0, 0.05) is 25.7 Å². The second-order valence-corrected chi connectivity index (χ2v) is 7.47. The average Bonchev–Trinajstić information content (AvgIpc) is 3.34. The number of aromatic nitrogens is 7. The molecule has 0 saturated carbocycles. The summed E-state index contributed by atoms with van der Waals surface area (Å²) in [6.45, 7) is 1.29. The molecule has 0 N–H and O–H groups in total. The van der Waals surface area contributed by atoms with E-state index >= 15 is 0 Å².